The lowest BCUT2D eigenvalue weighted by molar-refractivity contribution is -0.154. The molecule has 0 aromatic carbocycles. The Morgan fingerprint density at radius 3 is 2.71 bits per heavy atom. The van der Waals surface area contributed by atoms with Gasteiger partial charge in [-0.15, -0.1) is 0 Å². The number of morpholine rings is 1. The van der Waals surface area contributed by atoms with Crippen molar-refractivity contribution in [2.24, 2.45) is 0 Å². The van der Waals surface area contributed by atoms with Gasteiger partial charge in [0.05, 0.1) is 13.2 Å². The Kier molecular flexibility index (Phi) is 3.51. The number of urea groups is 1. The molecule has 2 heterocycles. The van der Waals surface area contributed by atoms with E-state index in [1.165, 1.54) is 0 Å². The fraction of sp³-hybridized carbons (Fsp3) is 0.818. The number of amides is 2. The number of ether oxygens (including phenoxy) is 1. The van der Waals surface area contributed by atoms with Crippen molar-refractivity contribution >= 4 is 12.0 Å². The topological polar surface area (TPSA) is 70.1 Å². The number of aliphatic carboxylic acids is 1. The SMILES string of the molecule is CC1CCCN1C(=O)N1CCOC(C(=O)O)C1. The van der Waals surface area contributed by atoms with E-state index in [0.29, 0.717) is 13.2 Å². The fourth-order valence-corrected chi connectivity index (χ4v) is 2.37. The third-order valence-corrected chi connectivity index (χ3v) is 3.41. The van der Waals surface area contributed by atoms with Crippen molar-refractivity contribution in [1.29, 1.82) is 0 Å². The second kappa shape index (κ2) is 4.91. The number of likely N-dealkylation sites (tertiary alicyclic amines) is 1. The first-order chi connectivity index (χ1) is 8.09. The zero-order valence-electron chi connectivity index (χ0n) is 9.96. The summed E-state index contributed by atoms with van der Waals surface area (Å²) in [5.74, 6) is -1.00. The number of rotatable bonds is 1. The van der Waals surface area contributed by atoms with Crippen LogP contribution in [-0.2, 0) is 9.53 Å². The highest BCUT2D eigenvalue weighted by atomic mass is 16.5. The van der Waals surface area contributed by atoms with Crippen molar-refractivity contribution in [2.75, 3.05) is 26.2 Å². The van der Waals surface area contributed by atoms with Gasteiger partial charge in [-0.25, -0.2) is 9.59 Å². The number of hydrogen-bond donors (Lipinski definition) is 1. The molecule has 1 N–H and O–H groups in total. The Hall–Kier alpha value is -1.30. The molecule has 2 aliphatic rings. The number of carboxylic acid groups (broad SMARTS) is 1. The van der Waals surface area contributed by atoms with Crippen LogP contribution in [0.25, 0.3) is 0 Å². The lowest BCUT2D eigenvalue weighted by Crippen LogP contribution is -2.53. The Bertz CT molecular complexity index is 321. The molecule has 0 aromatic rings. The maximum atomic E-state index is 12.2. The van der Waals surface area contributed by atoms with Crippen molar-refractivity contribution in [1.82, 2.24) is 9.80 Å². The molecule has 0 spiro atoms. The van der Waals surface area contributed by atoms with E-state index in [0.717, 1.165) is 19.4 Å². The number of hydrogen-bond acceptors (Lipinski definition) is 3. The van der Waals surface area contributed by atoms with Gasteiger partial charge >= 0.3 is 12.0 Å². The lowest BCUT2D eigenvalue weighted by atomic mass is 10.2. The second-order valence-electron chi connectivity index (χ2n) is 4.61. The van der Waals surface area contributed by atoms with Crippen molar-refractivity contribution in [3.05, 3.63) is 0 Å². The van der Waals surface area contributed by atoms with Crippen LogP contribution in [0.2, 0.25) is 0 Å². The van der Waals surface area contributed by atoms with Gasteiger partial charge < -0.3 is 19.6 Å². The highest BCUT2D eigenvalue weighted by Gasteiger charge is 2.34. The average Bonchev–Trinajstić information content (AvgIpc) is 2.74. The molecule has 2 saturated heterocycles. The van der Waals surface area contributed by atoms with Gasteiger partial charge in [-0.1, -0.05) is 0 Å². The number of carboxylic acids is 1. The predicted octanol–water partition coefficient (Wildman–Crippen LogP) is 0.376. The van der Waals surface area contributed by atoms with Crippen LogP contribution in [0.15, 0.2) is 0 Å². The lowest BCUT2D eigenvalue weighted by Gasteiger charge is -2.35. The molecule has 2 fully saturated rings. The van der Waals surface area contributed by atoms with E-state index in [1.807, 2.05) is 11.8 Å². The van der Waals surface area contributed by atoms with Gasteiger partial charge in [0.25, 0.3) is 0 Å². The maximum absolute atomic E-state index is 12.2. The second-order valence-corrected chi connectivity index (χ2v) is 4.61. The Labute approximate surface area is 100 Å². The van der Waals surface area contributed by atoms with E-state index in [2.05, 4.69) is 0 Å². The molecule has 2 atom stereocenters. The van der Waals surface area contributed by atoms with E-state index in [9.17, 15) is 9.59 Å². The molecule has 0 bridgehead atoms. The van der Waals surface area contributed by atoms with Crippen molar-refractivity contribution in [3.8, 4) is 0 Å². The van der Waals surface area contributed by atoms with Gasteiger partial charge in [-0.05, 0) is 19.8 Å². The van der Waals surface area contributed by atoms with E-state index in [-0.39, 0.29) is 18.6 Å². The van der Waals surface area contributed by atoms with Gasteiger partial charge in [0.2, 0.25) is 0 Å². The Balaban J connectivity index is 1.97. The Morgan fingerprint density at radius 1 is 1.35 bits per heavy atom. The minimum Gasteiger partial charge on any atom is -0.479 e. The average molecular weight is 242 g/mol. The third-order valence-electron chi connectivity index (χ3n) is 3.41. The van der Waals surface area contributed by atoms with Gasteiger partial charge in [-0.3, -0.25) is 0 Å². The van der Waals surface area contributed by atoms with E-state index >= 15 is 0 Å². The summed E-state index contributed by atoms with van der Waals surface area (Å²) in [5.41, 5.74) is 0. The molecule has 0 aliphatic carbocycles. The molecule has 6 heteroatoms. The summed E-state index contributed by atoms with van der Waals surface area (Å²) in [6, 6.07) is 0.207. The zero-order valence-corrected chi connectivity index (χ0v) is 9.96. The van der Waals surface area contributed by atoms with Gasteiger partial charge in [-0.2, -0.15) is 0 Å². The maximum Gasteiger partial charge on any atom is 0.334 e. The highest BCUT2D eigenvalue weighted by molar-refractivity contribution is 5.78. The van der Waals surface area contributed by atoms with Crippen molar-refractivity contribution < 1.29 is 19.4 Å². The summed E-state index contributed by atoms with van der Waals surface area (Å²) < 4.78 is 5.10. The van der Waals surface area contributed by atoms with Crippen LogP contribution in [0.3, 0.4) is 0 Å². The number of nitrogens with zero attached hydrogens (tertiary/aromatic N) is 2. The normalized spacial score (nSPS) is 29.5. The standard InChI is InChI=1S/C11H18N2O4/c1-8-3-2-4-13(8)11(16)12-5-6-17-9(7-12)10(14)15/h8-9H,2-7H2,1H3,(H,14,15). The number of carbonyl (C=O) groups excluding carboxylic acids is 1. The first kappa shape index (κ1) is 12.2. The zero-order chi connectivity index (χ0) is 12.4. The van der Waals surface area contributed by atoms with Crippen LogP contribution < -0.4 is 0 Å². The van der Waals surface area contributed by atoms with E-state index in [4.69, 9.17) is 9.84 Å². The quantitative estimate of drug-likeness (QED) is 0.721. The van der Waals surface area contributed by atoms with E-state index in [1.54, 1.807) is 4.90 Å². The first-order valence-electron chi connectivity index (χ1n) is 5.99. The highest BCUT2D eigenvalue weighted by Crippen LogP contribution is 2.19. The van der Waals surface area contributed by atoms with Crippen LogP contribution in [0, 0.1) is 0 Å². The summed E-state index contributed by atoms with van der Waals surface area (Å²) in [5, 5.41) is 8.88. The third kappa shape index (κ3) is 2.52. The van der Waals surface area contributed by atoms with Crippen LogP contribution in [0.5, 0.6) is 0 Å². The smallest absolute Gasteiger partial charge is 0.334 e. The summed E-state index contributed by atoms with van der Waals surface area (Å²) in [6.07, 6.45) is 1.17. The summed E-state index contributed by atoms with van der Waals surface area (Å²) in [4.78, 5) is 26.4. The summed E-state index contributed by atoms with van der Waals surface area (Å²) >= 11 is 0. The van der Waals surface area contributed by atoms with Crippen LogP contribution >= 0.6 is 0 Å². The molecule has 2 rings (SSSR count). The van der Waals surface area contributed by atoms with E-state index < -0.39 is 12.1 Å². The molecule has 0 saturated carbocycles. The molecule has 2 amide bonds. The molecule has 0 aromatic heterocycles. The molecule has 6 nitrogen and oxygen atoms in total. The molecular formula is C11H18N2O4. The van der Waals surface area contributed by atoms with Gasteiger partial charge in [0.15, 0.2) is 6.10 Å². The summed E-state index contributed by atoms with van der Waals surface area (Å²) in [6.45, 7) is 3.73. The first-order valence-corrected chi connectivity index (χ1v) is 5.99. The predicted molar refractivity (Wildman–Crippen MR) is 59.7 cm³/mol. The molecule has 2 aliphatic heterocycles. The number of carbonyl (C=O) groups is 2. The Morgan fingerprint density at radius 2 is 2.12 bits per heavy atom. The molecule has 96 valence electrons. The minimum atomic E-state index is -1.00. The van der Waals surface area contributed by atoms with Crippen LogP contribution in [0.4, 0.5) is 4.79 Å². The molecule has 0 radical (unpaired) electrons. The molecular weight excluding hydrogens is 224 g/mol. The minimum absolute atomic E-state index is 0.0513. The van der Waals surface area contributed by atoms with Crippen LogP contribution in [-0.4, -0.2) is 65.3 Å². The van der Waals surface area contributed by atoms with Gasteiger partial charge in [0, 0.05) is 19.1 Å². The molecule has 17 heavy (non-hydrogen) atoms. The molecule has 2 unspecified atom stereocenters. The fourth-order valence-electron chi connectivity index (χ4n) is 2.37. The van der Waals surface area contributed by atoms with Crippen LogP contribution in [0.1, 0.15) is 19.8 Å². The monoisotopic (exact) mass is 242 g/mol. The largest absolute Gasteiger partial charge is 0.479 e. The van der Waals surface area contributed by atoms with Gasteiger partial charge in [0.1, 0.15) is 0 Å². The van der Waals surface area contributed by atoms with Crippen molar-refractivity contribution in [3.63, 3.8) is 0 Å². The van der Waals surface area contributed by atoms with Crippen molar-refractivity contribution in [2.45, 2.75) is 31.9 Å². The summed E-state index contributed by atoms with van der Waals surface area (Å²) in [7, 11) is 0.